The molecule has 0 spiro atoms. The van der Waals surface area contributed by atoms with Gasteiger partial charge in [-0.2, -0.15) is 5.10 Å². The normalized spacial score (nSPS) is 18.9. The zero-order chi connectivity index (χ0) is 12.4. The molecule has 1 saturated heterocycles. The van der Waals surface area contributed by atoms with Gasteiger partial charge < -0.3 is 5.32 Å². The van der Waals surface area contributed by atoms with Crippen LogP contribution in [0.3, 0.4) is 0 Å². The number of benzene rings is 1. The van der Waals surface area contributed by atoms with Gasteiger partial charge in [-0.05, 0) is 30.5 Å². The largest absolute Gasteiger partial charge is 0.356 e. The molecule has 0 saturated carbocycles. The molecule has 1 N–H and O–H groups in total. The van der Waals surface area contributed by atoms with Crippen LogP contribution >= 0.6 is 0 Å². The Morgan fingerprint density at radius 3 is 2.89 bits per heavy atom. The van der Waals surface area contributed by atoms with Crippen LogP contribution < -0.4 is 5.32 Å². The molecule has 0 bridgehead atoms. The lowest BCUT2D eigenvalue weighted by atomic mass is 10.0. The summed E-state index contributed by atoms with van der Waals surface area (Å²) in [6, 6.07) is 9.98. The summed E-state index contributed by atoms with van der Waals surface area (Å²) in [7, 11) is 0. The predicted molar refractivity (Wildman–Crippen MR) is 68.4 cm³/mol. The molecule has 1 fully saturated rings. The number of para-hydroxylation sites is 1. The van der Waals surface area contributed by atoms with E-state index in [2.05, 4.69) is 10.4 Å². The minimum atomic E-state index is 0.110. The molecule has 1 aromatic carbocycles. The Hall–Kier alpha value is -2.10. The summed E-state index contributed by atoms with van der Waals surface area (Å²) >= 11 is 0. The van der Waals surface area contributed by atoms with Gasteiger partial charge in [0.2, 0.25) is 5.91 Å². The molecule has 2 aromatic rings. The Balaban J connectivity index is 1.76. The molecule has 1 aliphatic rings. The number of hydrogen-bond acceptors (Lipinski definition) is 2. The molecule has 1 aromatic heterocycles. The number of nitrogens with zero attached hydrogens (tertiary/aromatic N) is 2. The van der Waals surface area contributed by atoms with Crippen molar-refractivity contribution in [1.82, 2.24) is 15.1 Å². The predicted octanol–water partition coefficient (Wildman–Crippen LogP) is 1.55. The molecule has 0 radical (unpaired) electrons. The van der Waals surface area contributed by atoms with Gasteiger partial charge in [0.1, 0.15) is 0 Å². The maximum Gasteiger partial charge on any atom is 0.223 e. The first-order chi connectivity index (χ1) is 8.83. The number of nitrogens with one attached hydrogen (secondary N) is 1. The van der Waals surface area contributed by atoms with E-state index in [4.69, 9.17) is 0 Å². The lowest BCUT2D eigenvalue weighted by Crippen LogP contribution is -2.20. The first-order valence-electron chi connectivity index (χ1n) is 6.19. The molecule has 3 rings (SSSR count). The lowest BCUT2D eigenvalue weighted by molar-refractivity contribution is -0.122. The standard InChI is InChI=1S/C14H15N3O/c18-14-12(6-7-15-14)8-11-9-16-17(10-11)13-4-2-1-3-5-13/h1-5,9-10,12H,6-8H2,(H,15,18). The van der Waals surface area contributed by atoms with E-state index in [0.29, 0.717) is 0 Å². The van der Waals surface area contributed by atoms with Crippen LogP contribution in [0, 0.1) is 5.92 Å². The molecule has 1 unspecified atom stereocenters. The van der Waals surface area contributed by atoms with Gasteiger partial charge in [-0.15, -0.1) is 0 Å². The Morgan fingerprint density at radius 2 is 2.17 bits per heavy atom. The third kappa shape index (κ3) is 2.14. The minimum absolute atomic E-state index is 0.110. The quantitative estimate of drug-likeness (QED) is 0.886. The molecule has 1 atom stereocenters. The maximum atomic E-state index is 11.5. The number of carbonyl (C=O) groups excluding carboxylic acids is 1. The van der Waals surface area contributed by atoms with Crippen molar-refractivity contribution < 1.29 is 4.79 Å². The molecule has 4 heteroatoms. The average molecular weight is 241 g/mol. The fraction of sp³-hybridized carbons (Fsp3) is 0.286. The van der Waals surface area contributed by atoms with Crippen LogP contribution in [0.15, 0.2) is 42.7 Å². The molecule has 92 valence electrons. The second kappa shape index (κ2) is 4.64. The van der Waals surface area contributed by atoms with Crippen LogP contribution in [0.2, 0.25) is 0 Å². The SMILES string of the molecule is O=C1NCCC1Cc1cnn(-c2ccccc2)c1. The highest BCUT2D eigenvalue weighted by Gasteiger charge is 2.24. The van der Waals surface area contributed by atoms with E-state index in [0.717, 1.165) is 30.6 Å². The van der Waals surface area contributed by atoms with Crippen molar-refractivity contribution in [2.75, 3.05) is 6.54 Å². The summed E-state index contributed by atoms with van der Waals surface area (Å²) in [6.07, 6.45) is 5.55. The molecule has 18 heavy (non-hydrogen) atoms. The Morgan fingerprint density at radius 1 is 1.33 bits per heavy atom. The average Bonchev–Trinajstić information content (AvgIpc) is 3.02. The number of amides is 1. The zero-order valence-corrected chi connectivity index (χ0v) is 10.0. The van der Waals surface area contributed by atoms with Crippen molar-refractivity contribution in [1.29, 1.82) is 0 Å². The van der Waals surface area contributed by atoms with Crippen molar-refractivity contribution in [2.24, 2.45) is 5.92 Å². The smallest absolute Gasteiger partial charge is 0.223 e. The van der Waals surface area contributed by atoms with Crippen molar-refractivity contribution in [3.8, 4) is 5.69 Å². The third-order valence-corrected chi connectivity index (χ3v) is 3.30. The molecule has 1 aliphatic heterocycles. The molecule has 0 aliphatic carbocycles. The highest BCUT2D eigenvalue weighted by atomic mass is 16.2. The van der Waals surface area contributed by atoms with Gasteiger partial charge in [0, 0.05) is 18.7 Å². The first-order valence-corrected chi connectivity index (χ1v) is 6.19. The Kier molecular flexibility index (Phi) is 2.84. The summed E-state index contributed by atoms with van der Waals surface area (Å²) in [5.41, 5.74) is 2.15. The van der Waals surface area contributed by atoms with E-state index in [9.17, 15) is 4.79 Å². The van der Waals surface area contributed by atoms with Gasteiger partial charge in [-0.3, -0.25) is 4.79 Å². The summed E-state index contributed by atoms with van der Waals surface area (Å²) in [5.74, 6) is 0.279. The van der Waals surface area contributed by atoms with Crippen molar-refractivity contribution in [2.45, 2.75) is 12.8 Å². The van der Waals surface area contributed by atoms with Crippen LogP contribution in [-0.2, 0) is 11.2 Å². The van der Waals surface area contributed by atoms with Crippen LogP contribution in [-0.4, -0.2) is 22.2 Å². The van der Waals surface area contributed by atoms with Crippen molar-refractivity contribution in [3.05, 3.63) is 48.3 Å². The zero-order valence-electron chi connectivity index (χ0n) is 10.0. The Labute approximate surface area is 106 Å². The van der Waals surface area contributed by atoms with Crippen LogP contribution in [0.4, 0.5) is 0 Å². The summed E-state index contributed by atoms with van der Waals surface area (Å²) in [6.45, 7) is 0.802. The van der Waals surface area contributed by atoms with E-state index in [1.807, 2.05) is 47.4 Å². The molecular weight excluding hydrogens is 226 g/mol. The Bertz CT molecular complexity index is 547. The highest BCUT2D eigenvalue weighted by Crippen LogP contribution is 2.17. The van der Waals surface area contributed by atoms with E-state index in [1.54, 1.807) is 0 Å². The van der Waals surface area contributed by atoms with Crippen molar-refractivity contribution >= 4 is 5.91 Å². The van der Waals surface area contributed by atoms with Gasteiger partial charge in [0.15, 0.2) is 0 Å². The monoisotopic (exact) mass is 241 g/mol. The summed E-state index contributed by atoms with van der Waals surface area (Å²) in [4.78, 5) is 11.5. The number of hydrogen-bond donors (Lipinski definition) is 1. The topological polar surface area (TPSA) is 46.9 Å². The molecule has 1 amide bonds. The van der Waals surface area contributed by atoms with Crippen LogP contribution in [0.5, 0.6) is 0 Å². The molecule has 4 nitrogen and oxygen atoms in total. The maximum absolute atomic E-state index is 11.5. The summed E-state index contributed by atoms with van der Waals surface area (Å²) < 4.78 is 1.85. The van der Waals surface area contributed by atoms with Crippen molar-refractivity contribution in [3.63, 3.8) is 0 Å². The first kappa shape index (κ1) is 11.0. The second-order valence-corrected chi connectivity index (χ2v) is 4.61. The molecule has 2 heterocycles. The highest BCUT2D eigenvalue weighted by molar-refractivity contribution is 5.80. The number of aromatic nitrogens is 2. The lowest BCUT2D eigenvalue weighted by Gasteiger charge is -2.03. The number of carbonyl (C=O) groups is 1. The van der Waals surface area contributed by atoms with E-state index >= 15 is 0 Å². The number of rotatable bonds is 3. The van der Waals surface area contributed by atoms with Gasteiger partial charge in [0.25, 0.3) is 0 Å². The second-order valence-electron chi connectivity index (χ2n) is 4.61. The molecular formula is C14H15N3O. The van der Waals surface area contributed by atoms with Gasteiger partial charge >= 0.3 is 0 Å². The fourth-order valence-corrected chi connectivity index (χ4v) is 2.31. The van der Waals surface area contributed by atoms with E-state index < -0.39 is 0 Å². The van der Waals surface area contributed by atoms with E-state index in [1.165, 1.54) is 0 Å². The van der Waals surface area contributed by atoms with Crippen LogP contribution in [0.1, 0.15) is 12.0 Å². The summed E-state index contributed by atoms with van der Waals surface area (Å²) in [5, 5.41) is 7.20. The van der Waals surface area contributed by atoms with Gasteiger partial charge in [-0.1, -0.05) is 18.2 Å². The third-order valence-electron chi connectivity index (χ3n) is 3.30. The van der Waals surface area contributed by atoms with E-state index in [-0.39, 0.29) is 11.8 Å². The minimum Gasteiger partial charge on any atom is -0.356 e. The van der Waals surface area contributed by atoms with Gasteiger partial charge in [0.05, 0.1) is 11.9 Å². The fourth-order valence-electron chi connectivity index (χ4n) is 2.31. The van der Waals surface area contributed by atoms with Crippen LogP contribution in [0.25, 0.3) is 5.69 Å². The van der Waals surface area contributed by atoms with Gasteiger partial charge in [-0.25, -0.2) is 4.68 Å².